The summed E-state index contributed by atoms with van der Waals surface area (Å²) in [6.07, 6.45) is 2.86. The normalized spacial score (nSPS) is 26.1. The van der Waals surface area contributed by atoms with Crippen molar-refractivity contribution in [3.8, 4) is 0 Å². The number of aromatic nitrogens is 2. The summed E-state index contributed by atoms with van der Waals surface area (Å²) in [5.41, 5.74) is -1.01. The minimum absolute atomic E-state index is 0.152. The molecule has 1 aliphatic rings. The molecule has 1 saturated carbocycles. The van der Waals surface area contributed by atoms with E-state index in [9.17, 15) is 14.0 Å². The number of rotatable bonds is 6. The second-order valence-corrected chi connectivity index (χ2v) is 4.95. The van der Waals surface area contributed by atoms with Gasteiger partial charge in [-0.05, 0) is 12.8 Å². The Hall–Kier alpha value is -1.43. The van der Waals surface area contributed by atoms with Crippen LogP contribution in [0.15, 0.2) is 21.9 Å². The largest absolute Gasteiger partial charge is 0.381 e. The van der Waals surface area contributed by atoms with Gasteiger partial charge in [0, 0.05) is 24.8 Å². The van der Waals surface area contributed by atoms with E-state index in [0.29, 0.717) is 19.6 Å². The first-order valence-corrected chi connectivity index (χ1v) is 6.66. The molecule has 0 aliphatic heterocycles. The summed E-state index contributed by atoms with van der Waals surface area (Å²) in [6.45, 7) is 3.13. The molecule has 5 nitrogen and oxygen atoms in total. The molecule has 0 aromatic carbocycles. The van der Waals surface area contributed by atoms with Gasteiger partial charge < -0.3 is 4.74 Å². The first-order chi connectivity index (χ1) is 9.13. The molecule has 1 aromatic heterocycles. The molecule has 1 aliphatic carbocycles. The van der Waals surface area contributed by atoms with Crippen molar-refractivity contribution in [3.05, 3.63) is 33.1 Å². The van der Waals surface area contributed by atoms with E-state index in [2.05, 4.69) is 11.9 Å². The van der Waals surface area contributed by atoms with Crippen LogP contribution in [-0.4, -0.2) is 28.9 Å². The maximum absolute atomic E-state index is 14.0. The number of aromatic amines is 1. The molecule has 0 amide bonds. The van der Waals surface area contributed by atoms with Gasteiger partial charge in [0.15, 0.2) is 0 Å². The summed E-state index contributed by atoms with van der Waals surface area (Å²) in [7, 11) is 0. The lowest BCUT2D eigenvalue weighted by molar-refractivity contribution is -0.0272. The maximum atomic E-state index is 14.0. The van der Waals surface area contributed by atoms with Crippen LogP contribution in [-0.2, 0) is 4.74 Å². The Bertz CT molecular complexity index is 525. The molecular formula is C13H19FN2O3. The Morgan fingerprint density at radius 1 is 1.53 bits per heavy atom. The Labute approximate surface area is 110 Å². The molecule has 1 unspecified atom stereocenters. The van der Waals surface area contributed by atoms with E-state index in [-0.39, 0.29) is 5.92 Å². The molecule has 106 valence electrons. The summed E-state index contributed by atoms with van der Waals surface area (Å²) in [5, 5.41) is 0. The lowest BCUT2D eigenvalue weighted by atomic mass is 9.78. The number of unbranched alkanes of at least 4 members (excludes halogenated alkanes) is 1. The lowest BCUT2D eigenvalue weighted by Gasteiger charge is -2.39. The smallest absolute Gasteiger partial charge is 0.328 e. The first-order valence-electron chi connectivity index (χ1n) is 6.66. The zero-order valence-electron chi connectivity index (χ0n) is 11.0. The maximum Gasteiger partial charge on any atom is 0.328 e. The molecule has 1 fully saturated rings. The van der Waals surface area contributed by atoms with Crippen molar-refractivity contribution in [2.24, 2.45) is 5.92 Å². The second kappa shape index (κ2) is 6.14. The SMILES string of the molecule is CCCCOC[C@H]1C[C@@H](n2ccc(=O)[nH]c2=O)C1F. The van der Waals surface area contributed by atoms with Crippen LogP contribution >= 0.6 is 0 Å². The zero-order valence-corrected chi connectivity index (χ0v) is 11.0. The molecule has 19 heavy (non-hydrogen) atoms. The Balaban J connectivity index is 1.89. The first kappa shape index (κ1) is 14.0. The third-order valence-corrected chi connectivity index (χ3v) is 3.54. The van der Waals surface area contributed by atoms with E-state index in [4.69, 9.17) is 4.74 Å². The van der Waals surface area contributed by atoms with E-state index in [1.165, 1.54) is 16.8 Å². The van der Waals surface area contributed by atoms with E-state index in [0.717, 1.165) is 12.8 Å². The number of hydrogen-bond acceptors (Lipinski definition) is 3. The fourth-order valence-corrected chi connectivity index (χ4v) is 2.29. The Morgan fingerprint density at radius 3 is 2.95 bits per heavy atom. The van der Waals surface area contributed by atoms with Crippen molar-refractivity contribution in [1.82, 2.24) is 9.55 Å². The molecule has 0 spiro atoms. The van der Waals surface area contributed by atoms with Gasteiger partial charge in [0.25, 0.3) is 5.56 Å². The summed E-state index contributed by atoms with van der Waals surface area (Å²) in [4.78, 5) is 24.6. The topological polar surface area (TPSA) is 64.1 Å². The fourth-order valence-electron chi connectivity index (χ4n) is 2.29. The monoisotopic (exact) mass is 270 g/mol. The number of halogens is 1. The van der Waals surface area contributed by atoms with Gasteiger partial charge in [-0.2, -0.15) is 0 Å². The molecule has 1 N–H and O–H groups in total. The molecule has 3 atom stereocenters. The molecule has 0 bridgehead atoms. The van der Waals surface area contributed by atoms with Gasteiger partial charge in [-0.15, -0.1) is 0 Å². The van der Waals surface area contributed by atoms with Crippen molar-refractivity contribution in [1.29, 1.82) is 0 Å². The summed E-state index contributed by atoms with van der Waals surface area (Å²) >= 11 is 0. The predicted molar refractivity (Wildman–Crippen MR) is 69.1 cm³/mol. The Morgan fingerprint density at radius 2 is 2.32 bits per heavy atom. The molecular weight excluding hydrogens is 251 g/mol. The number of nitrogens with one attached hydrogen (secondary N) is 1. The quantitative estimate of drug-likeness (QED) is 0.791. The highest BCUT2D eigenvalue weighted by Crippen LogP contribution is 2.39. The van der Waals surface area contributed by atoms with E-state index in [1.54, 1.807) is 0 Å². The minimum atomic E-state index is -1.09. The molecule has 1 heterocycles. The average molecular weight is 270 g/mol. The van der Waals surface area contributed by atoms with Gasteiger partial charge in [-0.1, -0.05) is 13.3 Å². The Kier molecular flexibility index (Phi) is 4.52. The van der Waals surface area contributed by atoms with E-state index in [1.807, 2.05) is 0 Å². The third kappa shape index (κ3) is 3.12. The molecule has 0 radical (unpaired) electrons. The number of ether oxygens (including phenoxy) is 1. The van der Waals surface area contributed by atoms with Gasteiger partial charge >= 0.3 is 5.69 Å². The highest BCUT2D eigenvalue weighted by atomic mass is 19.1. The van der Waals surface area contributed by atoms with Crippen LogP contribution in [0.25, 0.3) is 0 Å². The third-order valence-electron chi connectivity index (χ3n) is 3.54. The predicted octanol–water partition coefficient (Wildman–Crippen LogP) is 1.25. The number of nitrogens with zero attached hydrogens (tertiary/aromatic N) is 1. The molecule has 1 aromatic rings. The minimum Gasteiger partial charge on any atom is -0.381 e. The highest BCUT2D eigenvalue weighted by molar-refractivity contribution is 4.97. The lowest BCUT2D eigenvalue weighted by Crippen LogP contribution is -2.47. The number of hydrogen-bond donors (Lipinski definition) is 1. The van der Waals surface area contributed by atoms with Crippen LogP contribution < -0.4 is 11.2 Å². The zero-order chi connectivity index (χ0) is 13.8. The van der Waals surface area contributed by atoms with Crippen molar-refractivity contribution in [2.45, 2.75) is 38.4 Å². The molecule has 2 rings (SSSR count). The van der Waals surface area contributed by atoms with Gasteiger partial charge in [0.2, 0.25) is 0 Å². The van der Waals surface area contributed by atoms with Gasteiger partial charge in [0.05, 0.1) is 12.6 Å². The molecule has 6 heteroatoms. The van der Waals surface area contributed by atoms with E-state index >= 15 is 0 Å². The van der Waals surface area contributed by atoms with Crippen LogP contribution in [0.4, 0.5) is 4.39 Å². The van der Waals surface area contributed by atoms with Crippen LogP contribution in [0.5, 0.6) is 0 Å². The van der Waals surface area contributed by atoms with Crippen LogP contribution in [0.1, 0.15) is 32.2 Å². The van der Waals surface area contributed by atoms with Gasteiger partial charge in [-0.25, -0.2) is 9.18 Å². The van der Waals surface area contributed by atoms with Crippen LogP contribution in [0.2, 0.25) is 0 Å². The molecule has 0 saturated heterocycles. The van der Waals surface area contributed by atoms with Crippen LogP contribution in [0, 0.1) is 5.92 Å². The van der Waals surface area contributed by atoms with Crippen molar-refractivity contribution < 1.29 is 9.13 Å². The summed E-state index contributed by atoms with van der Waals surface area (Å²) in [5.74, 6) is -0.152. The van der Waals surface area contributed by atoms with Crippen molar-refractivity contribution >= 4 is 0 Å². The van der Waals surface area contributed by atoms with Crippen molar-refractivity contribution in [2.75, 3.05) is 13.2 Å². The summed E-state index contributed by atoms with van der Waals surface area (Å²) < 4.78 is 20.6. The van der Waals surface area contributed by atoms with Crippen LogP contribution in [0.3, 0.4) is 0 Å². The number of H-pyrrole nitrogens is 1. The number of alkyl halides is 1. The van der Waals surface area contributed by atoms with Gasteiger partial charge in [0.1, 0.15) is 6.17 Å². The highest BCUT2D eigenvalue weighted by Gasteiger charge is 2.43. The van der Waals surface area contributed by atoms with E-state index < -0.39 is 23.5 Å². The average Bonchev–Trinajstić information content (AvgIpc) is 2.38. The van der Waals surface area contributed by atoms with Gasteiger partial charge in [-0.3, -0.25) is 14.3 Å². The fraction of sp³-hybridized carbons (Fsp3) is 0.692. The van der Waals surface area contributed by atoms with Crippen molar-refractivity contribution in [3.63, 3.8) is 0 Å². The summed E-state index contributed by atoms with van der Waals surface area (Å²) in [6, 6.07) is 0.753. The standard InChI is InChI=1S/C13H19FN2O3/c1-2-3-6-19-8-9-7-10(12(9)14)16-5-4-11(17)15-13(16)18/h4-5,9-10,12H,2-3,6-8H2,1H3,(H,15,17,18)/t9-,10-,12?/m1/s1. The second-order valence-electron chi connectivity index (χ2n) is 4.95.